The van der Waals surface area contributed by atoms with Crippen LogP contribution in [-0.2, 0) is 15.8 Å². The fourth-order valence-electron chi connectivity index (χ4n) is 2.25. The molecule has 130 valence electrons. The van der Waals surface area contributed by atoms with Gasteiger partial charge in [-0.05, 0) is 49.2 Å². The average molecular weight is 349 g/mol. The Morgan fingerprint density at radius 3 is 2.29 bits per heavy atom. The Balaban J connectivity index is 1.88. The van der Waals surface area contributed by atoms with E-state index in [9.17, 15) is 8.42 Å². The lowest BCUT2D eigenvalue weighted by Crippen LogP contribution is -2.37. The zero-order valence-electron chi connectivity index (χ0n) is 14.2. The van der Waals surface area contributed by atoms with Gasteiger partial charge < -0.3 is 9.47 Å². The predicted octanol–water partition coefficient (Wildman–Crippen LogP) is 2.89. The lowest BCUT2D eigenvalue weighted by Gasteiger charge is -2.16. The summed E-state index contributed by atoms with van der Waals surface area (Å²) < 4.78 is 37.9. The molecule has 0 radical (unpaired) electrons. The van der Waals surface area contributed by atoms with Gasteiger partial charge in [-0.15, -0.1) is 0 Å². The number of nitrogens with one attached hydrogen (secondary N) is 1. The lowest BCUT2D eigenvalue weighted by molar-refractivity contribution is 0.287. The minimum absolute atomic E-state index is 0.0352. The summed E-state index contributed by atoms with van der Waals surface area (Å²) in [6, 6.07) is 14.3. The highest BCUT2D eigenvalue weighted by Crippen LogP contribution is 2.17. The molecule has 1 atom stereocenters. The van der Waals surface area contributed by atoms with E-state index in [1.165, 1.54) is 0 Å². The Morgan fingerprint density at radius 2 is 1.67 bits per heavy atom. The molecule has 0 amide bonds. The first-order valence-electron chi connectivity index (χ1n) is 7.71. The van der Waals surface area contributed by atoms with E-state index in [1.807, 2.05) is 31.2 Å². The van der Waals surface area contributed by atoms with Crippen LogP contribution in [0.15, 0.2) is 48.5 Å². The fourth-order valence-corrected chi connectivity index (χ4v) is 3.75. The summed E-state index contributed by atoms with van der Waals surface area (Å²) in [6.45, 7) is 3.93. The van der Waals surface area contributed by atoms with Gasteiger partial charge >= 0.3 is 0 Å². The summed E-state index contributed by atoms with van der Waals surface area (Å²) in [5.41, 5.74) is 1.76. The van der Waals surface area contributed by atoms with E-state index < -0.39 is 10.0 Å². The molecule has 0 aliphatic heterocycles. The number of methoxy groups -OCH3 is 1. The van der Waals surface area contributed by atoms with Crippen LogP contribution in [0.4, 0.5) is 0 Å². The molecule has 0 aliphatic carbocycles. The molecule has 1 N–H and O–H groups in total. The van der Waals surface area contributed by atoms with Gasteiger partial charge in [0.1, 0.15) is 18.1 Å². The SMILES string of the molecule is COc1ccc(OC[C@@H](C)NS(=O)(=O)Cc2ccccc2C)cc1. The number of ether oxygens (including phenoxy) is 2. The summed E-state index contributed by atoms with van der Waals surface area (Å²) in [7, 11) is -1.82. The van der Waals surface area contributed by atoms with Crippen molar-refractivity contribution in [3.63, 3.8) is 0 Å². The molecule has 5 nitrogen and oxygen atoms in total. The fraction of sp³-hybridized carbons (Fsp3) is 0.333. The lowest BCUT2D eigenvalue weighted by atomic mass is 10.1. The van der Waals surface area contributed by atoms with Crippen molar-refractivity contribution in [3.05, 3.63) is 59.7 Å². The minimum atomic E-state index is -3.42. The number of aryl methyl sites for hydroxylation is 1. The molecule has 0 saturated carbocycles. The van der Waals surface area contributed by atoms with Gasteiger partial charge in [0.05, 0.1) is 18.9 Å². The zero-order chi connectivity index (χ0) is 17.6. The van der Waals surface area contributed by atoms with E-state index in [1.54, 1.807) is 38.3 Å². The first-order valence-corrected chi connectivity index (χ1v) is 9.36. The third kappa shape index (κ3) is 5.54. The van der Waals surface area contributed by atoms with Gasteiger partial charge in [-0.1, -0.05) is 24.3 Å². The molecule has 2 aromatic carbocycles. The molecule has 0 unspecified atom stereocenters. The molecule has 2 aromatic rings. The number of sulfonamides is 1. The molecule has 0 aliphatic rings. The Hall–Kier alpha value is -2.05. The number of hydrogen-bond donors (Lipinski definition) is 1. The first kappa shape index (κ1) is 18.3. The Bertz CT molecular complexity index is 757. The van der Waals surface area contributed by atoms with Crippen LogP contribution in [0, 0.1) is 6.92 Å². The maximum absolute atomic E-state index is 12.3. The summed E-state index contributed by atoms with van der Waals surface area (Å²) >= 11 is 0. The Morgan fingerprint density at radius 1 is 1.04 bits per heavy atom. The smallest absolute Gasteiger partial charge is 0.216 e. The molecule has 0 fully saturated rings. The van der Waals surface area contributed by atoms with E-state index in [4.69, 9.17) is 9.47 Å². The number of benzene rings is 2. The van der Waals surface area contributed by atoms with Crippen LogP contribution < -0.4 is 14.2 Å². The highest BCUT2D eigenvalue weighted by molar-refractivity contribution is 7.88. The van der Waals surface area contributed by atoms with Gasteiger partial charge in [0, 0.05) is 0 Å². The van der Waals surface area contributed by atoms with Gasteiger partial charge in [-0.3, -0.25) is 0 Å². The summed E-state index contributed by atoms with van der Waals surface area (Å²) in [6.07, 6.45) is 0. The summed E-state index contributed by atoms with van der Waals surface area (Å²) in [4.78, 5) is 0. The third-order valence-corrected chi connectivity index (χ3v) is 5.00. The molecule has 0 saturated heterocycles. The van der Waals surface area contributed by atoms with Crippen LogP contribution in [0.25, 0.3) is 0 Å². The molecular formula is C18H23NO4S. The Kier molecular flexibility index (Phi) is 6.23. The topological polar surface area (TPSA) is 64.6 Å². The van der Waals surface area contributed by atoms with Crippen molar-refractivity contribution in [1.82, 2.24) is 4.72 Å². The van der Waals surface area contributed by atoms with Crippen molar-refractivity contribution in [1.29, 1.82) is 0 Å². The van der Waals surface area contributed by atoms with Crippen LogP contribution >= 0.6 is 0 Å². The van der Waals surface area contributed by atoms with Crippen LogP contribution in [0.1, 0.15) is 18.1 Å². The van der Waals surface area contributed by atoms with Gasteiger partial charge in [0.25, 0.3) is 0 Å². The van der Waals surface area contributed by atoms with E-state index in [0.717, 1.165) is 16.9 Å². The van der Waals surface area contributed by atoms with Crippen LogP contribution in [-0.4, -0.2) is 28.2 Å². The number of rotatable bonds is 8. The van der Waals surface area contributed by atoms with Gasteiger partial charge in [-0.25, -0.2) is 13.1 Å². The highest BCUT2D eigenvalue weighted by Gasteiger charge is 2.16. The van der Waals surface area contributed by atoms with Crippen molar-refractivity contribution >= 4 is 10.0 Å². The molecule has 0 spiro atoms. The second kappa shape index (κ2) is 8.17. The van der Waals surface area contributed by atoms with E-state index in [0.29, 0.717) is 5.75 Å². The molecule has 0 bridgehead atoms. The quantitative estimate of drug-likeness (QED) is 0.796. The largest absolute Gasteiger partial charge is 0.497 e. The van der Waals surface area contributed by atoms with Crippen molar-refractivity contribution in [2.75, 3.05) is 13.7 Å². The second-order valence-corrected chi connectivity index (χ2v) is 7.44. The van der Waals surface area contributed by atoms with Crippen LogP contribution in [0.2, 0.25) is 0 Å². The maximum Gasteiger partial charge on any atom is 0.216 e. The molecule has 2 rings (SSSR count). The molecular weight excluding hydrogens is 326 g/mol. The molecule has 0 heterocycles. The van der Waals surface area contributed by atoms with Crippen molar-refractivity contribution in [2.45, 2.75) is 25.6 Å². The maximum atomic E-state index is 12.3. The minimum Gasteiger partial charge on any atom is -0.497 e. The van der Waals surface area contributed by atoms with E-state index in [2.05, 4.69) is 4.72 Å². The van der Waals surface area contributed by atoms with Crippen molar-refractivity contribution in [3.8, 4) is 11.5 Å². The monoisotopic (exact) mass is 349 g/mol. The van der Waals surface area contributed by atoms with E-state index >= 15 is 0 Å². The van der Waals surface area contributed by atoms with Gasteiger partial charge in [0.2, 0.25) is 10.0 Å². The molecule has 0 aromatic heterocycles. The molecule has 6 heteroatoms. The zero-order valence-corrected chi connectivity index (χ0v) is 15.0. The van der Waals surface area contributed by atoms with Crippen molar-refractivity contribution < 1.29 is 17.9 Å². The predicted molar refractivity (Wildman–Crippen MR) is 94.9 cm³/mol. The van der Waals surface area contributed by atoms with Crippen LogP contribution in [0.3, 0.4) is 0 Å². The standard InChI is InChI=1S/C18H23NO4S/c1-14-6-4-5-7-16(14)13-24(20,21)19-15(2)12-23-18-10-8-17(22-3)9-11-18/h4-11,15,19H,12-13H2,1-3H3/t15-/m1/s1. The Labute approximate surface area is 143 Å². The van der Waals surface area contributed by atoms with Crippen LogP contribution in [0.5, 0.6) is 11.5 Å². The second-order valence-electron chi connectivity index (χ2n) is 5.69. The normalized spacial score (nSPS) is 12.6. The summed E-state index contributed by atoms with van der Waals surface area (Å²) in [5, 5.41) is 0. The summed E-state index contributed by atoms with van der Waals surface area (Å²) in [5.74, 6) is 1.38. The van der Waals surface area contributed by atoms with Gasteiger partial charge in [-0.2, -0.15) is 0 Å². The third-order valence-electron chi connectivity index (χ3n) is 3.55. The van der Waals surface area contributed by atoms with Gasteiger partial charge in [0.15, 0.2) is 0 Å². The van der Waals surface area contributed by atoms with Crippen molar-refractivity contribution in [2.24, 2.45) is 0 Å². The average Bonchev–Trinajstić information content (AvgIpc) is 2.55. The number of hydrogen-bond acceptors (Lipinski definition) is 4. The molecule has 24 heavy (non-hydrogen) atoms. The highest BCUT2D eigenvalue weighted by atomic mass is 32.2. The first-order chi connectivity index (χ1) is 11.4. The van der Waals surface area contributed by atoms with E-state index in [-0.39, 0.29) is 18.4 Å².